The molecule has 5 rings (SSSR count). The lowest BCUT2D eigenvalue weighted by Crippen LogP contribution is -2.39. The van der Waals surface area contributed by atoms with Gasteiger partial charge < -0.3 is 19.4 Å². The van der Waals surface area contributed by atoms with Crippen LogP contribution in [0.5, 0.6) is 11.5 Å². The van der Waals surface area contributed by atoms with Gasteiger partial charge in [-0.25, -0.2) is 4.79 Å². The van der Waals surface area contributed by atoms with E-state index in [1.54, 1.807) is 18.2 Å². The fraction of sp³-hybridized carbons (Fsp3) is 0.333. The van der Waals surface area contributed by atoms with Gasteiger partial charge in [-0.2, -0.15) is 0 Å². The number of likely N-dealkylation sites (tertiary alicyclic amines) is 1. The number of para-hydroxylation sites is 2. The zero-order chi connectivity index (χ0) is 22.1. The number of benzene rings is 2. The van der Waals surface area contributed by atoms with Crippen molar-refractivity contribution in [3.8, 4) is 11.5 Å². The van der Waals surface area contributed by atoms with Gasteiger partial charge in [0, 0.05) is 31.6 Å². The van der Waals surface area contributed by atoms with Gasteiger partial charge in [0.25, 0.3) is 0 Å². The van der Waals surface area contributed by atoms with E-state index in [1.807, 2.05) is 39.8 Å². The van der Waals surface area contributed by atoms with Crippen LogP contribution in [0.2, 0.25) is 5.02 Å². The third-order valence-corrected chi connectivity index (χ3v) is 6.29. The highest BCUT2D eigenvalue weighted by Crippen LogP contribution is 2.38. The molecule has 2 aliphatic heterocycles. The Kier molecular flexibility index (Phi) is 5.66. The van der Waals surface area contributed by atoms with Crippen molar-refractivity contribution in [1.82, 2.24) is 14.5 Å². The second-order valence-corrected chi connectivity index (χ2v) is 8.49. The molecule has 0 radical (unpaired) electrons. The van der Waals surface area contributed by atoms with Gasteiger partial charge in [0.1, 0.15) is 0 Å². The molecule has 0 bridgehead atoms. The van der Waals surface area contributed by atoms with Gasteiger partial charge >= 0.3 is 5.69 Å². The van der Waals surface area contributed by atoms with Crippen molar-refractivity contribution >= 4 is 34.6 Å². The highest BCUT2D eigenvalue weighted by atomic mass is 35.5. The highest BCUT2D eigenvalue weighted by Gasteiger charge is 2.25. The maximum absolute atomic E-state index is 12.7. The van der Waals surface area contributed by atoms with Crippen LogP contribution in [0.15, 0.2) is 47.3 Å². The summed E-state index contributed by atoms with van der Waals surface area (Å²) < 4.78 is 13.2. The van der Waals surface area contributed by atoms with Crippen LogP contribution in [0.25, 0.3) is 17.1 Å². The minimum Gasteiger partial charge on any atom is -0.489 e. The number of amides is 1. The monoisotopic (exact) mass is 453 g/mol. The number of carbonyl (C=O) groups is 1. The van der Waals surface area contributed by atoms with Gasteiger partial charge in [-0.15, -0.1) is 0 Å². The number of aromatic nitrogens is 2. The van der Waals surface area contributed by atoms with E-state index in [1.165, 1.54) is 0 Å². The SMILES string of the molecule is O=C(C=Cc1cc(Cl)c2c(c1)OCCCO2)N1CCC(n2c(=O)[nH]c3ccccc32)CC1. The number of nitrogens with zero attached hydrogens (tertiary/aromatic N) is 2. The van der Waals surface area contributed by atoms with Crippen LogP contribution in [0.3, 0.4) is 0 Å². The molecular formula is C24H24ClN3O4. The fourth-order valence-corrected chi connectivity index (χ4v) is 4.67. The minimum absolute atomic E-state index is 0.0574. The number of ether oxygens (including phenoxy) is 2. The number of nitrogens with one attached hydrogen (secondary N) is 1. The van der Waals surface area contributed by atoms with Crippen LogP contribution in [-0.2, 0) is 4.79 Å². The first-order valence-electron chi connectivity index (χ1n) is 10.9. The maximum atomic E-state index is 12.7. The molecule has 0 aliphatic carbocycles. The molecule has 3 heterocycles. The van der Waals surface area contributed by atoms with Crippen LogP contribution in [0, 0.1) is 0 Å². The van der Waals surface area contributed by atoms with Crippen molar-refractivity contribution in [2.75, 3.05) is 26.3 Å². The molecule has 0 atom stereocenters. The molecule has 166 valence electrons. The van der Waals surface area contributed by atoms with Crippen LogP contribution in [0.1, 0.15) is 30.9 Å². The average Bonchev–Trinajstić information content (AvgIpc) is 2.96. The lowest BCUT2D eigenvalue weighted by molar-refractivity contribution is -0.127. The number of piperidine rings is 1. The summed E-state index contributed by atoms with van der Waals surface area (Å²) in [5, 5.41) is 0.474. The number of hydrogen-bond donors (Lipinski definition) is 1. The van der Waals surface area contributed by atoms with E-state index in [-0.39, 0.29) is 17.6 Å². The smallest absolute Gasteiger partial charge is 0.326 e. The molecular weight excluding hydrogens is 430 g/mol. The second-order valence-electron chi connectivity index (χ2n) is 8.09. The molecule has 32 heavy (non-hydrogen) atoms. The normalized spacial score (nSPS) is 17.1. The molecule has 0 saturated carbocycles. The third kappa shape index (κ3) is 4.00. The maximum Gasteiger partial charge on any atom is 0.326 e. The zero-order valence-electron chi connectivity index (χ0n) is 17.6. The van der Waals surface area contributed by atoms with Crippen molar-refractivity contribution in [2.45, 2.75) is 25.3 Å². The second kappa shape index (κ2) is 8.74. The number of H-pyrrole nitrogens is 1. The first kappa shape index (κ1) is 20.7. The molecule has 2 aliphatic rings. The Morgan fingerprint density at radius 3 is 2.75 bits per heavy atom. The highest BCUT2D eigenvalue weighted by molar-refractivity contribution is 6.32. The lowest BCUT2D eigenvalue weighted by atomic mass is 10.0. The van der Waals surface area contributed by atoms with E-state index in [0.29, 0.717) is 42.8 Å². The molecule has 1 aromatic heterocycles. The van der Waals surface area contributed by atoms with Gasteiger partial charge in [0.2, 0.25) is 5.91 Å². The largest absolute Gasteiger partial charge is 0.489 e. The van der Waals surface area contributed by atoms with E-state index in [9.17, 15) is 9.59 Å². The Hall–Kier alpha value is -3.19. The molecule has 7 nitrogen and oxygen atoms in total. The standard InChI is InChI=1S/C24H24ClN3O4/c25-18-14-16(15-21-23(18)32-13-3-12-31-21)6-7-22(29)27-10-8-17(9-11-27)28-20-5-2-1-4-19(20)26-24(28)30/h1-2,4-7,14-15,17H,3,8-13H2,(H,26,30). The summed E-state index contributed by atoms with van der Waals surface area (Å²) in [4.78, 5) is 29.9. The number of aromatic amines is 1. The minimum atomic E-state index is -0.0952. The first-order valence-corrected chi connectivity index (χ1v) is 11.2. The molecule has 0 unspecified atom stereocenters. The number of hydrogen-bond acceptors (Lipinski definition) is 4. The third-order valence-electron chi connectivity index (χ3n) is 6.01. The molecule has 0 spiro atoms. The summed E-state index contributed by atoms with van der Waals surface area (Å²) in [7, 11) is 0. The predicted octanol–water partition coefficient (Wildman–Crippen LogP) is 4.02. The summed E-state index contributed by atoms with van der Waals surface area (Å²) in [6, 6.07) is 11.4. The summed E-state index contributed by atoms with van der Waals surface area (Å²) >= 11 is 6.34. The summed E-state index contributed by atoms with van der Waals surface area (Å²) in [6.45, 7) is 2.34. The van der Waals surface area contributed by atoms with Crippen molar-refractivity contribution in [3.63, 3.8) is 0 Å². The van der Waals surface area contributed by atoms with Gasteiger partial charge in [-0.1, -0.05) is 23.7 Å². The average molecular weight is 454 g/mol. The van der Waals surface area contributed by atoms with Crippen LogP contribution in [-0.4, -0.2) is 46.7 Å². The number of halogens is 1. The van der Waals surface area contributed by atoms with Gasteiger partial charge in [0.05, 0.1) is 29.3 Å². The number of imidazole rings is 1. The Balaban J connectivity index is 1.25. The van der Waals surface area contributed by atoms with Crippen molar-refractivity contribution in [3.05, 3.63) is 63.5 Å². The Morgan fingerprint density at radius 1 is 1.12 bits per heavy atom. The summed E-state index contributed by atoms with van der Waals surface area (Å²) in [6.07, 6.45) is 5.58. The zero-order valence-corrected chi connectivity index (χ0v) is 18.3. The van der Waals surface area contributed by atoms with Crippen LogP contribution >= 0.6 is 11.6 Å². The number of fused-ring (bicyclic) bond motifs is 2. The lowest BCUT2D eigenvalue weighted by Gasteiger charge is -2.32. The Labute approximate surface area is 190 Å². The number of carbonyl (C=O) groups excluding carboxylic acids is 1. The van der Waals surface area contributed by atoms with E-state index in [2.05, 4.69) is 4.98 Å². The molecule has 1 fully saturated rings. The Morgan fingerprint density at radius 2 is 1.91 bits per heavy atom. The molecule has 1 N–H and O–H groups in total. The quantitative estimate of drug-likeness (QED) is 0.607. The first-order chi connectivity index (χ1) is 15.6. The van der Waals surface area contributed by atoms with E-state index in [0.717, 1.165) is 35.9 Å². The molecule has 8 heteroatoms. The van der Waals surface area contributed by atoms with Gasteiger partial charge in [-0.05, 0) is 48.7 Å². The van der Waals surface area contributed by atoms with E-state index >= 15 is 0 Å². The molecule has 1 amide bonds. The van der Waals surface area contributed by atoms with E-state index in [4.69, 9.17) is 21.1 Å². The topological polar surface area (TPSA) is 76.6 Å². The van der Waals surface area contributed by atoms with Crippen LogP contribution < -0.4 is 15.2 Å². The predicted molar refractivity (Wildman–Crippen MR) is 124 cm³/mol. The van der Waals surface area contributed by atoms with Gasteiger partial charge in [0.15, 0.2) is 11.5 Å². The van der Waals surface area contributed by atoms with E-state index < -0.39 is 0 Å². The molecule has 2 aromatic carbocycles. The van der Waals surface area contributed by atoms with Crippen LogP contribution in [0.4, 0.5) is 0 Å². The fourth-order valence-electron chi connectivity index (χ4n) is 4.40. The summed E-state index contributed by atoms with van der Waals surface area (Å²) in [5.74, 6) is 1.10. The van der Waals surface area contributed by atoms with Crippen molar-refractivity contribution in [2.24, 2.45) is 0 Å². The summed E-state index contributed by atoms with van der Waals surface area (Å²) in [5.41, 5.74) is 2.44. The van der Waals surface area contributed by atoms with Crippen molar-refractivity contribution in [1.29, 1.82) is 0 Å². The Bertz CT molecular complexity index is 1240. The number of rotatable bonds is 3. The molecule has 3 aromatic rings. The van der Waals surface area contributed by atoms with Gasteiger partial charge in [-0.3, -0.25) is 9.36 Å². The molecule has 1 saturated heterocycles. The van der Waals surface area contributed by atoms with Crippen molar-refractivity contribution < 1.29 is 14.3 Å².